The molecule has 0 saturated heterocycles. The van der Waals surface area contributed by atoms with E-state index in [9.17, 15) is 9.18 Å². The van der Waals surface area contributed by atoms with E-state index in [0.717, 1.165) is 28.0 Å². The summed E-state index contributed by atoms with van der Waals surface area (Å²) in [5, 5.41) is 1.98. The van der Waals surface area contributed by atoms with Gasteiger partial charge >= 0.3 is 0 Å². The fourth-order valence-corrected chi connectivity index (χ4v) is 3.20. The van der Waals surface area contributed by atoms with Crippen LogP contribution in [0.15, 0.2) is 72.8 Å². The summed E-state index contributed by atoms with van der Waals surface area (Å²) in [6.07, 6.45) is 2.94. The molecule has 4 rings (SSSR count). The lowest BCUT2D eigenvalue weighted by molar-refractivity contribution is 0.105. The summed E-state index contributed by atoms with van der Waals surface area (Å²) in [4.78, 5) is 13.2. The lowest BCUT2D eigenvalue weighted by Crippen LogP contribution is -2.28. The fourth-order valence-electron chi connectivity index (χ4n) is 3.20. The zero-order valence-electron chi connectivity index (χ0n) is 13.0. The van der Waals surface area contributed by atoms with E-state index < -0.39 is 0 Å². The van der Waals surface area contributed by atoms with Gasteiger partial charge in [0.2, 0.25) is 0 Å². The summed E-state index contributed by atoms with van der Waals surface area (Å²) in [6.45, 7) is 0. The third-order valence-corrected chi connectivity index (χ3v) is 4.39. The zero-order valence-corrected chi connectivity index (χ0v) is 13.0. The number of Topliss-reactive ketones (excluding diaryl/α,β-unsaturated/α-hetero) is 1. The van der Waals surface area contributed by atoms with Crippen LogP contribution >= 0.6 is 0 Å². The minimum absolute atomic E-state index is 0.0785. The molecule has 1 aliphatic carbocycles. The number of ketones is 1. The van der Waals surface area contributed by atoms with Gasteiger partial charge in [0.15, 0.2) is 5.78 Å². The van der Waals surface area contributed by atoms with Crippen LogP contribution in [0, 0.1) is 5.82 Å². The largest absolute Gasteiger partial charge is 0.289 e. The third-order valence-electron chi connectivity index (χ3n) is 4.39. The van der Waals surface area contributed by atoms with E-state index in [0.29, 0.717) is 11.1 Å². The number of hydrogen-bond donors (Lipinski definition) is 0. The van der Waals surface area contributed by atoms with Gasteiger partial charge in [-0.25, -0.2) is 4.39 Å². The van der Waals surface area contributed by atoms with Crippen LogP contribution in [0.1, 0.15) is 21.5 Å². The molecular weight excluding hydrogens is 299 g/mol. The van der Waals surface area contributed by atoms with Crippen molar-refractivity contribution < 1.29 is 9.18 Å². The topological polar surface area (TPSA) is 17.1 Å². The minimum Gasteiger partial charge on any atom is -0.289 e. The maximum atomic E-state index is 13.2. The molecule has 24 heavy (non-hydrogen) atoms. The third kappa shape index (κ3) is 2.46. The molecule has 116 valence electrons. The molecule has 0 spiro atoms. The Bertz CT molecular complexity index is 1050. The van der Waals surface area contributed by atoms with Gasteiger partial charge in [0.25, 0.3) is 0 Å². The standard InChI is InChI=1S/C22H15FO/c23-18-13-11-17(12-14-18)22(24)21-19-7-3-1-5-15(19)9-10-16-6-2-4-8-20(16)21/h1-9,11-14H,10H2. The van der Waals surface area contributed by atoms with Crippen LogP contribution in [0.4, 0.5) is 4.39 Å². The van der Waals surface area contributed by atoms with Gasteiger partial charge < -0.3 is 0 Å². The first kappa shape index (κ1) is 14.6. The van der Waals surface area contributed by atoms with E-state index in [2.05, 4.69) is 12.1 Å². The number of halogens is 1. The van der Waals surface area contributed by atoms with E-state index in [1.165, 1.54) is 12.1 Å². The van der Waals surface area contributed by atoms with Crippen molar-refractivity contribution in [2.45, 2.75) is 6.42 Å². The Morgan fingerprint density at radius 2 is 1.54 bits per heavy atom. The Morgan fingerprint density at radius 3 is 2.38 bits per heavy atom. The van der Waals surface area contributed by atoms with Crippen molar-refractivity contribution in [3.63, 3.8) is 0 Å². The van der Waals surface area contributed by atoms with E-state index in [1.807, 2.05) is 42.5 Å². The summed E-state index contributed by atoms with van der Waals surface area (Å²) in [5.74, 6) is -0.420. The molecule has 0 radical (unpaired) electrons. The molecule has 0 bridgehead atoms. The highest BCUT2D eigenvalue weighted by Gasteiger charge is 2.19. The minimum atomic E-state index is -0.341. The van der Waals surface area contributed by atoms with Crippen molar-refractivity contribution in [1.29, 1.82) is 0 Å². The first-order valence-electron chi connectivity index (χ1n) is 7.92. The number of rotatable bonds is 2. The van der Waals surface area contributed by atoms with Crippen LogP contribution in [0.2, 0.25) is 0 Å². The van der Waals surface area contributed by atoms with Crippen LogP contribution in [0.5, 0.6) is 0 Å². The molecule has 1 aliphatic rings. The second-order valence-electron chi connectivity index (χ2n) is 5.86. The van der Waals surface area contributed by atoms with Crippen molar-refractivity contribution >= 4 is 17.4 Å². The predicted octanol–water partition coefficient (Wildman–Crippen LogP) is 3.24. The maximum Gasteiger partial charge on any atom is 0.194 e. The van der Waals surface area contributed by atoms with Gasteiger partial charge in [-0.3, -0.25) is 4.79 Å². The monoisotopic (exact) mass is 314 g/mol. The second-order valence-corrected chi connectivity index (χ2v) is 5.86. The van der Waals surface area contributed by atoms with Gasteiger partial charge in [0.05, 0.1) is 0 Å². The molecule has 0 heterocycles. The van der Waals surface area contributed by atoms with E-state index in [-0.39, 0.29) is 11.6 Å². The molecule has 0 N–H and O–H groups in total. The van der Waals surface area contributed by atoms with Gasteiger partial charge in [0.1, 0.15) is 5.82 Å². The van der Waals surface area contributed by atoms with E-state index in [1.54, 1.807) is 12.1 Å². The van der Waals surface area contributed by atoms with Crippen LogP contribution in [0.3, 0.4) is 0 Å². The second kappa shape index (κ2) is 5.89. The fraction of sp³-hybridized carbons (Fsp3) is 0.0455. The number of benzene rings is 3. The summed E-state index contributed by atoms with van der Waals surface area (Å²) in [5.41, 5.74) is 3.26. The first-order valence-corrected chi connectivity index (χ1v) is 7.92. The first-order chi connectivity index (χ1) is 11.7. The van der Waals surface area contributed by atoms with Crippen LogP contribution in [-0.2, 0) is 6.42 Å². The van der Waals surface area contributed by atoms with Crippen molar-refractivity contribution in [2.75, 3.05) is 0 Å². The van der Waals surface area contributed by atoms with E-state index in [4.69, 9.17) is 0 Å². The number of carbonyl (C=O) groups excluding carboxylic acids is 1. The molecule has 2 heteroatoms. The average molecular weight is 314 g/mol. The highest BCUT2D eigenvalue weighted by Crippen LogP contribution is 2.23. The summed E-state index contributed by atoms with van der Waals surface area (Å²) in [6, 6.07) is 21.6. The lowest BCUT2D eigenvalue weighted by atomic mass is 9.91. The zero-order chi connectivity index (χ0) is 16.5. The molecule has 3 aromatic carbocycles. The Kier molecular flexibility index (Phi) is 3.58. The van der Waals surface area contributed by atoms with Gasteiger partial charge in [0, 0.05) is 11.1 Å². The number of hydrogen-bond acceptors (Lipinski definition) is 1. The Balaban J connectivity index is 2.04. The molecule has 1 nitrogen and oxygen atoms in total. The van der Waals surface area contributed by atoms with Crippen molar-refractivity contribution in [2.24, 2.45) is 0 Å². The number of fused-ring (bicyclic) bond motifs is 2. The molecule has 3 aromatic rings. The van der Waals surface area contributed by atoms with Crippen molar-refractivity contribution in [1.82, 2.24) is 0 Å². The molecule has 0 atom stereocenters. The summed E-state index contributed by atoms with van der Waals surface area (Å²) in [7, 11) is 0. The van der Waals surface area contributed by atoms with Gasteiger partial charge in [-0.2, -0.15) is 0 Å². The summed E-state index contributed by atoms with van der Waals surface area (Å²) >= 11 is 0. The average Bonchev–Trinajstić information content (AvgIpc) is 2.79. The smallest absolute Gasteiger partial charge is 0.194 e. The SMILES string of the molecule is O=C(C1=c2ccccc2=CCc2ccccc21)c1ccc(F)cc1. The quantitative estimate of drug-likeness (QED) is 0.664. The predicted molar refractivity (Wildman–Crippen MR) is 93.5 cm³/mol. The molecule has 0 fully saturated rings. The molecule has 0 aliphatic heterocycles. The van der Waals surface area contributed by atoms with Gasteiger partial charge in [-0.1, -0.05) is 54.6 Å². The van der Waals surface area contributed by atoms with Gasteiger partial charge in [-0.15, -0.1) is 0 Å². The molecule has 0 unspecified atom stereocenters. The van der Waals surface area contributed by atoms with Crippen molar-refractivity contribution in [3.05, 3.63) is 106 Å². The highest BCUT2D eigenvalue weighted by atomic mass is 19.1. The maximum absolute atomic E-state index is 13.2. The molecule has 0 saturated carbocycles. The Labute approximate surface area is 139 Å². The van der Waals surface area contributed by atoms with Crippen LogP contribution in [-0.4, -0.2) is 5.78 Å². The number of carbonyl (C=O) groups is 1. The summed E-state index contributed by atoms with van der Waals surface area (Å²) < 4.78 is 13.2. The molecular formula is C22H15FO. The van der Waals surface area contributed by atoms with Crippen LogP contribution < -0.4 is 10.4 Å². The van der Waals surface area contributed by atoms with E-state index >= 15 is 0 Å². The molecule has 0 aromatic heterocycles. The normalized spacial score (nSPS) is 12.6. The Morgan fingerprint density at radius 1 is 0.833 bits per heavy atom. The lowest BCUT2D eigenvalue weighted by Gasteiger charge is -2.11. The Hall–Kier alpha value is -3.00. The van der Waals surface area contributed by atoms with Gasteiger partial charge in [-0.05, 0) is 52.3 Å². The molecule has 0 amide bonds. The van der Waals surface area contributed by atoms with Crippen LogP contribution in [0.25, 0.3) is 11.6 Å². The highest BCUT2D eigenvalue weighted by molar-refractivity contribution is 6.29. The van der Waals surface area contributed by atoms with Crippen molar-refractivity contribution in [3.8, 4) is 0 Å².